The Morgan fingerprint density at radius 3 is 2.60 bits per heavy atom. The van der Waals surface area contributed by atoms with Crippen LogP contribution in [0.25, 0.3) is 0 Å². The summed E-state index contributed by atoms with van der Waals surface area (Å²) in [5.41, 5.74) is 0. The van der Waals surface area contributed by atoms with E-state index in [1.54, 1.807) is 9.80 Å². The minimum Gasteiger partial charge on any atom is -0.378 e. The molecule has 0 aromatic carbocycles. The highest BCUT2D eigenvalue weighted by molar-refractivity contribution is 5.81. The lowest BCUT2D eigenvalue weighted by Gasteiger charge is -2.27. The molecule has 2 amide bonds. The number of nitrogens with zero attached hydrogens (tertiary/aromatic N) is 3. The Morgan fingerprint density at radius 2 is 1.90 bits per heavy atom. The summed E-state index contributed by atoms with van der Waals surface area (Å²) < 4.78 is 5.18. The molecule has 0 aliphatic carbocycles. The van der Waals surface area contributed by atoms with E-state index in [4.69, 9.17) is 10.00 Å². The third kappa shape index (κ3) is 3.68. The predicted octanol–water partition coefficient (Wildman–Crippen LogP) is -1.05. The summed E-state index contributed by atoms with van der Waals surface area (Å²) in [5.74, 6) is -0.122. The average Bonchev–Trinajstić information content (AvgIpc) is 2.96. The molecule has 0 radical (unpaired) electrons. The van der Waals surface area contributed by atoms with Crippen LogP contribution in [0.5, 0.6) is 0 Å². The van der Waals surface area contributed by atoms with E-state index in [-0.39, 0.29) is 30.9 Å². The molecule has 7 heteroatoms. The Labute approximate surface area is 118 Å². The largest absolute Gasteiger partial charge is 0.378 e. The van der Waals surface area contributed by atoms with Crippen molar-refractivity contribution in [2.24, 2.45) is 0 Å². The normalized spacial score (nSPS) is 22.6. The van der Waals surface area contributed by atoms with Gasteiger partial charge in [0.1, 0.15) is 6.04 Å². The van der Waals surface area contributed by atoms with Crippen molar-refractivity contribution in [1.29, 1.82) is 5.26 Å². The van der Waals surface area contributed by atoms with Crippen LogP contribution in [0.4, 0.5) is 0 Å². The van der Waals surface area contributed by atoms with Crippen LogP contribution in [-0.2, 0) is 14.3 Å². The zero-order valence-corrected chi connectivity index (χ0v) is 11.5. The van der Waals surface area contributed by atoms with Crippen molar-refractivity contribution in [2.45, 2.75) is 18.9 Å². The first-order valence-corrected chi connectivity index (χ1v) is 6.97. The second-order valence-electron chi connectivity index (χ2n) is 4.97. The van der Waals surface area contributed by atoms with Crippen molar-refractivity contribution in [2.75, 3.05) is 45.9 Å². The summed E-state index contributed by atoms with van der Waals surface area (Å²) in [7, 11) is 0. The molecule has 0 bridgehead atoms. The van der Waals surface area contributed by atoms with Crippen molar-refractivity contribution in [1.82, 2.24) is 15.1 Å². The van der Waals surface area contributed by atoms with E-state index in [0.717, 1.165) is 12.8 Å². The number of rotatable bonds is 4. The molecule has 0 aromatic rings. The van der Waals surface area contributed by atoms with Crippen LogP contribution < -0.4 is 5.32 Å². The summed E-state index contributed by atoms with van der Waals surface area (Å²) in [5, 5.41) is 11.8. The fraction of sp³-hybridized carbons (Fsp3) is 0.769. The first-order valence-electron chi connectivity index (χ1n) is 6.97. The van der Waals surface area contributed by atoms with Gasteiger partial charge in [-0.05, 0) is 12.8 Å². The number of nitrogens with one attached hydrogen (secondary N) is 1. The number of likely N-dealkylation sites (tertiary alicyclic amines) is 1. The van der Waals surface area contributed by atoms with Crippen molar-refractivity contribution in [3.8, 4) is 6.07 Å². The molecule has 0 aromatic heterocycles. The van der Waals surface area contributed by atoms with Crippen LogP contribution in [-0.4, -0.2) is 73.6 Å². The van der Waals surface area contributed by atoms with Gasteiger partial charge in [-0.25, -0.2) is 0 Å². The number of hydrogen-bond donors (Lipinski definition) is 1. The van der Waals surface area contributed by atoms with Gasteiger partial charge < -0.3 is 14.5 Å². The Bertz CT molecular complexity index is 401. The molecule has 2 aliphatic heterocycles. The molecule has 0 spiro atoms. The first kappa shape index (κ1) is 14.8. The summed E-state index contributed by atoms with van der Waals surface area (Å²) in [6.07, 6.45) is 1.62. The van der Waals surface area contributed by atoms with E-state index in [0.29, 0.717) is 32.8 Å². The monoisotopic (exact) mass is 280 g/mol. The van der Waals surface area contributed by atoms with Crippen LogP contribution in [0, 0.1) is 11.3 Å². The summed E-state index contributed by atoms with van der Waals surface area (Å²) in [6, 6.07) is 1.83. The van der Waals surface area contributed by atoms with Gasteiger partial charge in [-0.1, -0.05) is 0 Å². The zero-order valence-electron chi connectivity index (χ0n) is 11.5. The third-order valence-corrected chi connectivity index (χ3v) is 3.64. The molecule has 1 unspecified atom stereocenters. The molecule has 2 heterocycles. The number of amides is 2. The van der Waals surface area contributed by atoms with E-state index < -0.39 is 0 Å². The van der Waals surface area contributed by atoms with Crippen molar-refractivity contribution in [3.63, 3.8) is 0 Å². The number of hydrogen-bond acceptors (Lipinski definition) is 5. The van der Waals surface area contributed by atoms with Crippen LogP contribution >= 0.6 is 0 Å². The number of morpholine rings is 1. The second-order valence-corrected chi connectivity index (χ2v) is 4.97. The molecule has 2 saturated heterocycles. The summed E-state index contributed by atoms with van der Waals surface area (Å²) >= 11 is 0. The van der Waals surface area contributed by atoms with Crippen LogP contribution in [0.1, 0.15) is 12.8 Å². The minimum atomic E-state index is -0.306. The van der Waals surface area contributed by atoms with Crippen molar-refractivity contribution in [3.05, 3.63) is 0 Å². The summed E-state index contributed by atoms with van der Waals surface area (Å²) in [4.78, 5) is 27.1. The van der Waals surface area contributed by atoms with Gasteiger partial charge in [-0.3, -0.25) is 14.9 Å². The first-order chi connectivity index (χ1) is 9.72. The highest BCUT2D eigenvalue weighted by Gasteiger charge is 2.28. The highest BCUT2D eigenvalue weighted by atomic mass is 16.5. The molecule has 7 nitrogen and oxygen atoms in total. The zero-order chi connectivity index (χ0) is 14.4. The van der Waals surface area contributed by atoms with Gasteiger partial charge in [0.25, 0.3) is 0 Å². The van der Waals surface area contributed by atoms with Crippen molar-refractivity contribution >= 4 is 11.8 Å². The topological polar surface area (TPSA) is 85.7 Å². The molecule has 2 aliphatic rings. The summed E-state index contributed by atoms with van der Waals surface area (Å²) in [6.45, 7) is 3.25. The lowest BCUT2D eigenvalue weighted by Crippen LogP contribution is -2.47. The third-order valence-electron chi connectivity index (χ3n) is 3.64. The Morgan fingerprint density at radius 1 is 1.20 bits per heavy atom. The molecule has 110 valence electrons. The number of carbonyl (C=O) groups excluding carboxylic acids is 2. The van der Waals surface area contributed by atoms with E-state index >= 15 is 0 Å². The second kappa shape index (κ2) is 7.22. The molecule has 2 rings (SSSR count). The van der Waals surface area contributed by atoms with Crippen LogP contribution in [0.15, 0.2) is 0 Å². The van der Waals surface area contributed by atoms with Gasteiger partial charge in [-0.15, -0.1) is 0 Å². The van der Waals surface area contributed by atoms with Crippen LogP contribution in [0.2, 0.25) is 0 Å². The Hall–Kier alpha value is -1.65. The van der Waals surface area contributed by atoms with Gasteiger partial charge in [0.05, 0.1) is 32.4 Å². The maximum atomic E-state index is 11.9. The highest BCUT2D eigenvalue weighted by Crippen LogP contribution is 2.15. The molecule has 20 heavy (non-hydrogen) atoms. The van der Waals surface area contributed by atoms with E-state index in [1.165, 1.54) is 0 Å². The Kier molecular flexibility index (Phi) is 5.32. The SMILES string of the molecule is N#CC1CCCN1C(=O)CNCC(=O)N1CCOCC1. The number of nitriles is 1. The maximum Gasteiger partial charge on any atom is 0.237 e. The molecular weight excluding hydrogens is 260 g/mol. The molecule has 2 fully saturated rings. The van der Waals surface area contributed by atoms with E-state index in [9.17, 15) is 9.59 Å². The lowest BCUT2D eigenvalue weighted by molar-refractivity contribution is -0.134. The minimum absolute atomic E-state index is 0.0145. The van der Waals surface area contributed by atoms with Gasteiger partial charge >= 0.3 is 0 Å². The van der Waals surface area contributed by atoms with E-state index in [1.807, 2.05) is 0 Å². The van der Waals surface area contributed by atoms with Gasteiger partial charge in [0.2, 0.25) is 11.8 Å². The fourth-order valence-electron chi connectivity index (χ4n) is 2.50. The van der Waals surface area contributed by atoms with Gasteiger partial charge in [0.15, 0.2) is 0 Å². The molecule has 1 atom stereocenters. The molecule has 1 N–H and O–H groups in total. The quantitative estimate of drug-likeness (QED) is 0.710. The van der Waals surface area contributed by atoms with Gasteiger partial charge in [-0.2, -0.15) is 5.26 Å². The molecular formula is C13H20N4O3. The smallest absolute Gasteiger partial charge is 0.237 e. The Balaban J connectivity index is 1.68. The number of carbonyl (C=O) groups is 2. The fourth-order valence-corrected chi connectivity index (χ4v) is 2.50. The van der Waals surface area contributed by atoms with E-state index in [2.05, 4.69) is 11.4 Å². The number of ether oxygens (including phenoxy) is 1. The standard InChI is InChI=1S/C13H20N4O3/c14-8-11-2-1-3-17(11)13(19)10-15-9-12(18)16-4-6-20-7-5-16/h11,15H,1-7,9-10H2. The van der Waals surface area contributed by atoms with Crippen molar-refractivity contribution < 1.29 is 14.3 Å². The molecule has 0 saturated carbocycles. The van der Waals surface area contributed by atoms with Crippen LogP contribution in [0.3, 0.4) is 0 Å². The van der Waals surface area contributed by atoms with Gasteiger partial charge in [0, 0.05) is 19.6 Å². The lowest BCUT2D eigenvalue weighted by atomic mass is 10.2. The predicted molar refractivity (Wildman–Crippen MR) is 70.6 cm³/mol. The maximum absolute atomic E-state index is 11.9. The average molecular weight is 280 g/mol.